The maximum Gasteiger partial charge on any atom is 0.389 e. The highest BCUT2D eigenvalue weighted by atomic mass is 35.8. The van der Waals surface area contributed by atoms with E-state index in [9.17, 15) is 13.2 Å². The highest BCUT2D eigenvalue weighted by Crippen LogP contribution is 2.28. The molecule has 0 radical (unpaired) electrons. The summed E-state index contributed by atoms with van der Waals surface area (Å²) in [6.07, 6.45) is -3.64. The van der Waals surface area contributed by atoms with Gasteiger partial charge in [-0.15, -0.1) is 33.2 Å². The zero-order valence-corrected chi connectivity index (χ0v) is 10.1. The van der Waals surface area contributed by atoms with E-state index in [2.05, 4.69) is 0 Å². The fourth-order valence-electron chi connectivity index (χ4n) is 0.828. The summed E-state index contributed by atoms with van der Waals surface area (Å²) in [5, 5.41) is 0. The van der Waals surface area contributed by atoms with Gasteiger partial charge in [0.25, 0.3) is 0 Å². The molecule has 0 amide bonds. The second kappa shape index (κ2) is 5.68. The quantitative estimate of drug-likeness (QED) is 0.385. The molecule has 80 valence electrons. The number of rotatable bonds is 5. The SMILES string of the molecule is FC(F)(F)CCCCC[Si](Cl)(Cl)Cl. The Morgan fingerprint density at radius 2 is 1.46 bits per heavy atom. The molecule has 0 aromatic rings. The Morgan fingerprint density at radius 3 is 1.85 bits per heavy atom. The van der Waals surface area contributed by atoms with Crippen LogP contribution in [0.4, 0.5) is 13.2 Å². The van der Waals surface area contributed by atoms with E-state index in [1.165, 1.54) is 0 Å². The summed E-state index contributed by atoms with van der Waals surface area (Å²) in [4.78, 5) is 0. The van der Waals surface area contributed by atoms with Crippen molar-refractivity contribution in [3.63, 3.8) is 0 Å². The molecule has 0 aliphatic carbocycles. The molecule has 0 aromatic carbocycles. The fourth-order valence-corrected chi connectivity index (χ4v) is 2.68. The van der Waals surface area contributed by atoms with Crippen LogP contribution in [0.5, 0.6) is 0 Å². The fraction of sp³-hybridized carbons (Fsp3) is 1.00. The van der Waals surface area contributed by atoms with Gasteiger partial charge in [-0.1, -0.05) is 12.8 Å². The summed E-state index contributed by atoms with van der Waals surface area (Å²) in [6, 6.07) is -2.18. The maximum atomic E-state index is 11.6. The standard InChI is InChI=1S/C6H10Cl3F3Si/c7-13(8,9)5-3-1-2-4-6(10,11)12/h1-5H2. The molecule has 0 fully saturated rings. The molecule has 0 spiro atoms. The van der Waals surface area contributed by atoms with Gasteiger partial charge in [0.1, 0.15) is 0 Å². The van der Waals surface area contributed by atoms with Crippen molar-refractivity contribution >= 4 is 39.2 Å². The molecule has 7 heteroatoms. The summed E-state index contributed by atoms with van der Waals surface area (Å²) in [5.41, 5.74) is 0. The first-order chi connectivity index (χ1) is 5.71. The smallest absolute Gasteiger partial charge is 0.171 e. The average Bonchev–Trinajstić information content (AvgIpc) is 1.81. The van der Waals surface area contributed by atoms with Gasteiger partial charge in [0.15, 0.2) is 0 Å². The van der Waals surface area contributed by atoms with E-state index in [1.54, 1.807) is 0 Å². The monoisotopic (exact) mass is 272 g/mol. The van der Waals surface area contributed by atoms with Crippen LogP contribution in [0.15, 0.2) is 0 Å². The third kappa shape index (κ3) is 12.9. The lowest BCUT2D eigenvalue weighted by molar-refractivity contribution is -0.135. The second-order valence-electron chi connectivity index (χ2n) is 2.79. The first kappa shape index (κ1) is 13.9. The zero-order chi connectivity index (χ0) is 10.5. The van der Waals surface area contributed by atoms with Crippen LogP contribution >= 0.6 is 33.2 Å². The Kier molecular flexibility index (Phi) is 6.07. The molecule has 0 saturated carbocycles. The van der Waals surface area contributed by atoms with Gasteiger partial charge in [0.2, 0.25) is 0 Å². The molecule has 0 unspecified atom stereocenters. The van der Waals surface area contributed by atoms with Gasteiger partial charge in [0.05, 0.1) is 0 Å². The van der Waals surface area contributed by atoms with E-state index in [-0.39, 0.29) is 6.42 Å². The van der Waals surface area contributed by atoms with Gasteiger partial charge in [-0.2, -0.15) is 13.2 Å². The van der Waals surface area contributed by atoms with Crippen LogP contribution in [0.2, 0.25) is 6.04 Å². The lowest BCUT2D eigenvalue weighted by Crippen LogP contribution is -2.09. The molecule has 0 aliphatic rings. The maximum absolute atomic E-state index is 11.6. The predicted octanol–water partition coefficient (Wildman–Crippen LogP) is 4.76. The van der Waals surface area contributed by atoms with E-state index in [0.717, 1.165) is 0 Å². The van der Waals surface area contributed by atoms with Crippen molar-refractivity contribution in [1.29, 1.82) is 0 Å². The number of unbranched alkanes of at least 4 members (excludes halogenated alkanes) is 2. The summed E-state index contributed by atoms with van der Waals surface area (Å²) < 4.78 is 34.9. The van der Waals surface area contributed by atoms with Crippen molar-refractivity contribution in [2.45, 2.75) is 37.9 Å². The summed E-state index contributed by atoms with van der Waals surface area (Å²) in [7, 11) is 0. The van der Waals surface area contributed by atoms with Gasteiger partial charge in [-0.3, -0.25) is 0 Å². The molecule has 0 rings (SSSR count). The third-order valence-electron chi connectivity index (χ3n) is 1.42. The highest BCUT2D eigenvalue weighted by Gasteiger charge is 2.27. The van der Waals surface area contributed by atoms with Crippen molar-refractivity contribution in [2.75, 3.05) is 0 Å². The highest BCUT2D eigenvalue weighted by molar-refractivity contribution is 7.64. The van der Waals surface area contributed by atoms with E-state index < -0.39 is 18.6 Å². The lowest BCUT2D eigenvalue weighted by atomic mass is 10.2. The van der Waals surface area contributed by atoms with Crippen LogP contribution in [0, 0.1) is 0 Å². The van der Waals surface area contributed by atoms with E-state index in [4.69, 9.17) is 33.2 Å². The first-order valence-electron chi connectivity index (χ1n) is 3.84. The second-order valence-corrected chi connectivity index (χ2v) is 12.1. The largest absolute Gasteiger partial charge is 0.389 e. The molecule has 0 nitrogen and oxygen atoms in total. The van der Waals surface area contributed by atoms with E-state index >= 15 is 0 Å². The van der Waals surface area contributed by atoms with E-state index in [0.29, 0.717) is 18.9 Å². The molecule has 0 atom stereocenters. The number of halogens is 6. The summed E-state index contributed by atoms with van der Waals surface area (Å²) in [5.74, 6) is 0. The Morgan fingerprint density at radius 1 is 0.923 bits per heavy atom. The third-order valence-corrected chi connectivity index (χ3v) is 4.04. The molecule has 0 saturated heterocycles. The summed E-state index contributed by atoms with van der Waals surface area (Å²) in [6.45, 7) is 0. The van der Waals surface area contributed by atoms with Crippen LogP contribution < -0.4 is 0 Å². The minimum absolute atomic E-state index is 0.124. The van der Waals surface area contributed by atoms with Gasteiger partial charge in [0, 0.05) is 6.42 Å². The minimum Gasteiger partial charge on any atom is -0.171 e. The molecule has 0 bridgehead atoms. The Hall–Kier alpha value is 0.877. The van der Waals surface area contributed by atoms with Crippen LogP contribution in [0.1, 0.15) is 25.7 Å². The molecular formula is C6H10Cl3F3Si. The number of hydrogen-bond donors (Lipinski definition) is 0. The van der Waals surface area contributed by atoms with Crippen molar-refractivity contribution in [3.8, 4) is 0 Å². The van der Waals surface area contributed by atoms with Gasteiger partial charge in [-0.05, 0) is 12.5 Å². The molecule has 13 heavy (non-hydrogen) atoms. The Bertz CT molecular complexity index is 127. The molecule has 0 N–H and O–H groups in total. The Balaban J connectivity index is 3.28. The van der Waals surface area contributed by atoms with Gasteiger partial charge >= 0.3 is 12.2 Å². The van der Waals surface area contributed by atoms with Crippen molar-refractivity contribution in [1.82, 2.24) is 0 Å². The van der Waals surface area contributed by atoms with Gasteiger partial charge in [-0.25, -0.2) is 0 Å². The van der Waals surface area contributed by atoms with Crippen LogP contribution in [-0.4, -0.2) is 12.2 Å². The molecular weight excluding hydrogens is 264 g/mol. The van der Waals surface area contributed by atoms with Crippen molar-refractivity contribution in [3.05, 3.63) is 0 Å². The first-order valence-corrected chi connectivity index (χ1v) is 9.08. The topological polar surface area (TPSA) is 0 Å². The lowest BCUT2D eigenvalue weighted by Gasteiger charge is -2.08. The van der Waals surface area contributed by atoms with Crippen molar-refractivity contribution in [2.24, 2.45) is 0 Å². The minimum atomic E-state index is -4.06. The van der Waals surface area contributed by atoms with Crippen LogP contribution in [0.3, 0.4) is 0 Å². The number of alkyl halides is 3. The Labute approximate surface area is 90.5 Å². The number of hydrogen-bond acceptors (Lipinski definition) is 0. The molecule has 0 heterocycles. The molecule has 0 aromatic heterocycles. The van der Waals surface area contributed by atoms with Gasteiger partial charge < -0.3 is 0 Å². The predicted molar refractivity (Wildman–Crippen MR) is 52.6 cm³/mol. The van der Waals surface area contributed by atoms with Crippen LogP contribution in [0.25, 0.3) is 0 Å². The van der Waals surface area contributed by atoms with Crippen molar-refractivity contribution < 1.29 is 13.2 Å². The van der Waals surface area contributed by atoms with Crippen LogP contribution in [-0.2, 0) is 0 Å². The zero-order valence-electron chi connectivity index (χ0n) is 6.80. The van der Waals surface area contributed by atoms with E-state index in [1.807, 2.05) is 0 Å². The molecule has 0 aliphatic heterocycles. The average molecular weight is 274 g/mol. The summed E-state index contributed by atoms with van der Waals surface area (Å²) >= 11 is 16.6. The normalized spacial score (nSPS) is 13.4.